The number of carbonyl (C=O) groups is 1. The predicted octanol–water partition coefficient (Wildman–Crippen LogP) is 2.25. The van der Waals surface area contributed by atoms with Crippen LogP contribution in [0.2, 0.25) is 0 Å². The number of amides is 2. The van der Waals surface area contributed by atoms with Crippen LogP contribution >= 0.6 is 0 Å². The fourth-order valence-electron chi connectivity index (χ4n) is 3.70. The Morgan fingerprint density at radius 3 is 2.64 bits per heavy atom. The van der Waals surface area contributed by atoms with Gasteiger partial charge in [-0.1, -0.05) is 30.3 Å². The molecule has 2 aliphatic rings. The van der Waals surface area contributed by atoms with Gasteiger partial charge < -0.3 is 10.2 Å². The van der Waals surface area contributed by atoms with Crippen LogP contribution in [0.15, 0.2) is 48.7 Å². The third-order valence-electron chi connectivity index (χ3n) is 5.23. The molecule has 1 saturated heterocycles. The monoisotopic (exact) mass is 336 g/mol. The van der Waals surface area contributed by atoms with Gasteiger partial charge in [-0.05, 0) is 29.7 Å². The maximum atomic E-state index is 12.4. The number of aromatic nitrogens is 1. The summed E-state index contributed by atoms with van der Waals surface area (Å²) in [6, 6.07) is 14.6. The summed E-state index contributed by atoms with van der Waals surface area (Å²) in [6.45, 7) is 4.95. The number of rotatable bonds is 4. The van der Waals surface area contributed by atoms with Crippen molar-refractivity contribution >= 4 is 6.03 Å². The molecule has 0 saturated carbocycles. The van der Waals surface area contributed by atoms with Crippen LogP contribution in [0.3, 0.4) is 0 Å². The van der Waals surface area contributed by atoms with E-state index in [0.29, 0.717) is 5.92 Å². The molecule has 2 amide bonds. The summed E-state index contributed by atoms with van der Waals surface area (Å²) in [4.78, 5) is 21.1. The van der Waals surface area contributed by atoms with E-state index in [4.69, 9.17) is 0 Å². The van der Waals surface area contributed by atoms with Crippen molar-refractivity contribution < 1.29 is 4.79 Å². The molecule has 0 unspecified atom stereocenters. The van der Waals surface area contributed by atoms with Crippen molar-refractivity contribution in [2.24, 2.45) is 0 Å². The van der Waals surface area contributed by atoms with Gasteiger partial charge in [0.15, 0.2) is 0 Å². The first-order chi connectivity index (χ1) is 12.3. The minimum absolute atomic E-state index is 0.0712. The number of hydrogen-bond acceptors (Lipinski definition) is 3. The highest BCUT2D eigenvalue weighted by atomic mass is 16.2. The van der Waals surface area contributed by atoms with E-state index >= 15 is 0 Å². The molecule has 1 aromatic carbocycles. The minimum Gasteiger partial charge on any atom is -0.337 e. The molecule has 5 heteroatoms. The topological polar surface area (TPSA) is 48.5 Å². The van der Waals surface area contributed by atoms with Crippen LogP contribution in [0.1, 0.15) is 22.7 Å². The average molecular weight is 336 g/mol. The van der Waals surface area contributed by atoms with E-state index in [1.54, 1.807) is 0 Å². The van der Waals surface area contributed by atoms with Crippen LogP contribution in [-0.4, -0.2) is 53.5 Å². The van der Waals surface area contributed by atoms with Gasteiger partial charge in [0.1, 0.15) is 0 Å². The Balaban J connectivity index is 1.21. The van der Waals surface area contributed by atoms with Crippen LogP contribution < -0.4 is 5.32 Å². The van der Waals surface area contributed by atoms with Gasteiger partial charge >= 0.3 is 6.03 Å². The fourth-order valence-corrected chi connectivity index (χ4v) is 3.70. The fraction of sp³-hybridized carbons (Fsp3) is 0.400. The van der Waals surface area contributed by atoms with Crippen LogP contribution in [-0.2, 0) is 13.0 Å². The van der Waals surface area contributed by atoms with Crippen molar-refractivity contribution in [2.75, 3.05) is 32.7 Å². The van der Waals surface area contributed by atoms with Crippen molar-refractivity contribution in [1.29, 1.82) is 0 Å². The van der Waals surface area contributed by atoms with Crippen LogP contribution in [0.25, 0.3) is 0 Å². The maximum absolute atomic E-state index is 12.4. The summed E-state index contributed by atoms with van der Waals surface area (Å²) in [5.41, 5.74) is 3.90. The Kier molecular flexibility index (Phi) is 4.65. The summed E-state index contributed by atoms with van der Waals surface area (Å²) in [6.07, 6.45) is 2.91. The van der Waals surface area contributed by atoms with E-state index in [-0.39, 0.29) is 6.03 Å². The third-order valence-corrected chi connectivity index (χ3v) is 5.23. The molecule has 2 heterocycles. The van der Waals surface area contributed by atoms with Crippen molar-refractivity contribution in [2.45, 2.75) is 18.9 Å². The Bertz CT molecular complexity index is 725. The normalized spacial score (nSPS) is 19.8. The second-order valence-corrected chi connectivity index (χ2v) is 6.87. The summed E-state index contributed by atoms with van der Waals surface area (Å²) in [7, 11) is 0. The molecule has 2 aromatic rings. The Hall–Kier alpha value is -2.40. The molecular formula is C20H24N4O. The molecule has 130 valence electrons. The molecule has 0 radical (unpaired) electrons. The average Bonchev–Trinajstić information content (AvgIpc) is 2.64. The zero-order chi connectivity index (χ0) is 17.1. The quantitative estimate of drug-likeness (QED) is 0.932. The van der Waals surface area contributed by atoms with Gasteiger partial charge in [-0.25, -0.2) is 4.79 Å². The van der Waals surface area contributed by atoms with E-state index in [1.807, 2.05) is 23.2 Å². The first-order valence-electron chi connectivity index (χ1n) is 9.02. The van der Waals surface area contributed by atoms with Crippen LogP contribution in [0.5, 0.6) is 0 Å². The van der Waals surface area contributed by atoms with E-state index in [0.717, 1.165) is 51.4 Å². The summed E-state index contributed by atoms with van der Waals surface area (Å²) in [5, 5.41) is 3.12. The highest BCUT2D eigenvalue weighted by Crippen LogP contribution is 2.33. The SMILES string of the molecule is O=C(NC[C@@H]1Cc2ccccc21)N1CCN(Cc2ccccn2)CC1. The second kappa shape index (κ2) is 7.23. The van der Waals surface area contributed by atoms with E-state index < -0.39 is 0 Å². The lowest BCUT2D eigenvalue weighted by molar-refractivity contribution is 0.134. The molecule has 1 N–H and O–H groups in total. The summed E-state index contributed by atoms with van der Waals surface area (Å²) < 4.78 is 0. The minimum atomic E-state index is 0.0712. The number of pyridine rings is 1. The van der Waals surface area contributed by atoms with Crippen LogP contribution in [0, 0.1) is 0 Å². The standard InChI is InChI=1S/C20H24N4O/c25-20(22-14-17-13-16-5-1-2-7-19(16)17)24-11-9-23(10-12-24)15-18-6-3-4-8-21-18/h1-8,17H,9-15H2,(H,22,25)/t17-/m0/s1. The molecule has 5 nitrogen and oxygen atoms in total. The molecule has 1 atom stereocenters. The largest absolute Gasteiger partial charge is 0.337 e. The lowest BCUT2D eigenvalue weighted by Gasteiger charge is -2.35. The van der Waals surface area contributed by atoms with Gasteiger partial charge in [-0.15, -0.1) is 0 Å². The number of hydrogen-bond donors (Lipinski definition) is 1. The smallest absolute Gasteiger partial charge is 0.317 e. The Labute approximate surface area is 148 Å². The van der Waals surface area contributed by atoms with Crippen LogP contribution in [0.4, 0.5) is 4.79 Å². The first kappa shape index (κ1) is 16.1. The zero-order valence-corrected chi connectivity index (χ0v) is 14.4. The van der Waals surface area contributed by atoms with Gasteiger partial charge in [0, 0.05) is 51.4 Å². The van der Waals surface area contributed by atoms with E-state index in [2.05, 4.69) is 45.5 Å². The molecule has 0 spiro atoms. The van der Waals surface area contributed by atoms with Crippen molar-refractivity contribution in [3.63, 3.8) is 0 Å². The zero-order valence-electron chi connectivity index (χ0n) is 14.4. The second-order valence-electron chi connectivity index (χ2n) is 6.87. The number of benzene rings is 1. The Morgan fingerprint density at radius 2 is 1.88 bits per heavy atom. The first-order valence-corrected chi connectivity index (χ1v) is 9.02. The number of urea groups is 1. The third kappa shape index (κ3) is 3.66. The molecule has 1 aromatic heterocycles. The molecule has 0 bridgehead atoms. The number of nitrogens with zero attached hydrogens (tertiary/aromatic N) is 3. The molecule has 1 fully saturated rings. The van der Waals surface area contributed by atoms with E-state index in [9.17, 15) is 4.79 Å². The van der Waals surface area contributed by atoms with Gasteiger partial charge in [0.05, 0.1) is 5.69 Å². The molecular weight excluding hydrogens is 312 g/mol. The molecule has 1 aliphatic carbocycles. The van der Waals surface area contributed by atoms with Gasteiger partial charge in [0.25, 0.3) is 0 Å². The highest BCUT2D eigenvalue weighted by Gasteiger charge is 2.27. The lowest BCUT2D eigenvalue weighted by Crippen LogP contribution is -2.52. The molecule has 1 aliphatic heterocycles. The van der Waals surface area contributed by atoms with Crippen molar-refractivity contribution in [3.8, 4) is 0 Å². The lowest BCUT2D eigenvalue weighted by atomic mass is 9.78. The van der Waals surface area contributed by atoms with E-state index in [1.165, 1.54) is 11.1 Å². The molecule has 25 heavy (non-hydrogen) atoms. The number of piperazine rings is 1. The van der Waals surface area contributed by atoms with Gasteiger partial charge in [-0.2, -0.15) is 0 Å². The van der Waals surface area contributed by atoms with Gasteiger partial charge in [-0.3, -0.25) is 9.88 Å². The van der Waals surface area contributed by atoms with Crippen molar-refractivity contribution in [1.82, 2.24) is 20.1 Å². The number of carbonyl (C=O) groups excluding carboxylic acids is 1. The van der Waals surface area contributed by atoms with Gasteiger partial charge in [0.2, 0.25) is 0 Å². The highest BCUT2D eigenvalue weighted by molar-refractivity contribution is 5.74. The van der Waals surface area contributed by atoms with Crippen molar-refractivity contribution in [3.05, 3.63) is 65.5 Å². The summed E-state index contributed by atoms with van der Waals surface area (Å²) >= 11 is 0. The maximum Gasteiger partial charge on any atom is 0.317 e. The predicted molar refractivity (Wildman–Crippen MR) is 97.4 cm³/mol. The Morgan fingerprint density at radius 1 is 1.08 bits per heavy atom. The number of fused-ring (bicyclic) bond motifs is 1. The number of nitrogens with one attached hydrogen (secondary N) is 1. The summed E-state index contributed by atoms with van der Waals surface area (Å²) in [5.74, 6) is 0.477. The molecule has 4 rings (SSSR count).